The van der Waals surface area contributed by atoms with E-state index in [-0.39, 0.29) is 5.78 Å². The molecule has 0 radical (unpaired) electrons. The molecular weight excluding hydrogens is 250 g/mol. The number of ether oxygens (including phenoxy) is 3. The van der Waals surface area contributed by atoms with Crippen LogP contribution in [0.2, 0.25) is 0 Å². The van der Waals surface area contributed by atoms with Gasteiger partial charge in [0.25, 0.3) is 0 Å². The number of carbonyl (C=O) groups is 2. The molecule has 1 saturated carbocycles. The first-order valence-corrected chi connectivity index (χ1v) is 6.60. The fourth-order valence-corrected chi connectivity index (χ4v) is 2.36. The lowest BCUT2D eigenvalue weighted by atomic mass is 9.89. The van der Waals surface area contributed by atoms with Crippen molar-refractivity contribution in [2.24, 2.45) is 0 Å². The molecule has 6 nitrogen and oxygen atoms in total. The number of rotatable bonds is 1. The number of hydrogen-bond acceptors (Lipinski definition) is 5. The van der Waals surface area contributed by atoms with Crippen LogP contribution in [0.4, 0.5) is 4.79 Å². The lowest BCUT2D eigenvalue weighted by Gasteiger charge is -2.35. The van der Waals surface area contributed by atoms with Crippen LogP contribution in [0.25, 0.3) is 0 Å². The summed E-state index contributed by atoms with van der Waals surface area (Å²) in [4.78, 5) is 23.6. The van der Waals surface area contributed by atoms with E-state index in [4.69, 9.17) is 14.2 Å². The molecule has 1 aliphatic carbocycles. The molecule has 2 fully saturated rings. The number of hydrogen-bond donors (Lipinski definition) is 1. The summed E-state index contributed by atoms with van der Waals surface area (Å²) in [6, 6.07) is -0.596. The first-order chi connectivity index (χ1) is 8.80. The maximum Gasteiger partial charge on any atom is 0.408 e. The van der Waals surface area contributed by atoms with Gasteiger partial charge in [-0.15, -0.1) is 0 Å². The van der Waals surface area contributed by atoms with Gasteiger partial charge in [-0.25, -0.2) is 4.79 Å². The Kier molecular flexibility index (Phi) is 3.82. The molecule has 1 atom stereocenters. The van der Waals surface area contributed by atoms with Crippen molar-refractivity contribution in [2.45, 2.75) is 57.5 Å². The van der Waals surface area contributed by atoms with Gasteiger partial charge in [0.15, 0.2) is 11.6 Å². The molecule has 1 saturated heterocycles. The van der Waals surface area contributed by atoms with Gasteiger partial charge in [-0.3, -0.25) is 4.79 Å². The lowest BCUT2D eigenvalue weighted by Crippen LogP contribution is -2.52. The molecule has 0 aromatic carbocycles. The van der Waals surface area contributed by atoms with E-state index in [1.807, 2.05) is 0 Å². The summed E-state index contributed by atoms with van der Waals surface area (Å²) in [5, 5.41) is 2.61. The van der Waals surface area contributed by atoms with E-state index >= 15 is 0 Å². The SMILES string of the molecule is CC(C)(C)OC(=O)N[C@@H]1CC2(CCC1=O)OCCO2. The maximum absolute atomic E-state index is 11.9. The molecule has 0 aromatic heterocycles. The van der Waals surface area contributed by atoms with E-state index in [2.05, 4.69) is 5.32 Å². The van der Waals surface area contributed by atoms with E-state index in [0.717, 1.165) is 0 Å². The van der Waals surface area contributed by atoms with Crippen LogP contribution in [-0.4, -0.2) is 42.5 Å². The van der Waals surface area contributed by atoms with Gasteiger partial charge in [-0.2, -0.15) is 0 Å². The van der Waals surface area contributed by atoms with Crippen LogP contribution >= 0.6 is 0 Å². The van der Waals surface area contributed by atoms with Gasteiger partial charge in [0.1, 0.15) is 5.60 Å². The number of Topliss-reactive ketones (excluding diaryl/α,β-unsaturated/α-hetero) is 1. The summed E-state index contributed by atoms with van der Waals surface area (Å²) in [5.41, 5.74) is -0.583. The number of ketones is 1. The van der Waals surface area contributed by atoms with Crippen molar-refractivity contribution in [2.75, 3.05) is 13.2 Å². The van der Waals surface area contributed by atoms with Crippen molar-refractivity contribution in [3.8, 4) is 0 Å². The van der Waals surface area contributed by atoms with Crippen LogP contribution in [0.3, 0.4) is 0 Å². The highest BCUT2D eigenvalue weighted by Gasteiger charge is 2.45. The molecular formula is C13H21NO5. The van der Waals surface area contributed by atoms with Crippen LogP contribution in [0.1, 0.15) is 40.0 Å². The van der Waals surface area contributed by atoms with Crippen molar-refractivity contribution in [3.05, 3.63) is 0 Å². The van der Waals surface area contributed by atoms with E-state index in [1.165, 1.54) is 0 Å². The van der Waals surface area contributed by atoms with E-state index in [0.29, 0.717) is 32.5 Å². The van der Waals surface area contributed by atoms with Gasteiger partial charge in [0.05, 0.1) is 19.3 Å². The fraction of sp³-hybridized carbons (Fsp3) is 0.846. The van der Waals surface area contributed by atoms with Gasteiger partial charge < -0.3 is 19.5 Å². The molecule has 2 aliphatic rings. The average molecular weight is 271 g/mol. The Balaban J connectivity index is 1.94. The quantitative estimate of drug-likeness (QED) is 0.779. The minimum absolute atomic E-state index is 0.00409. The van der Waals surface area contributed by atoms with Crippen molar-refractivity contribution in [1.29, 1.82) is 0 Å². The monoisotopic (exact) mass is 271 g/mol. The molecule has 2 rings (SSSR count). The van der Waals surface area contributed by atoms with Crippen LogP contribution in [-0.2, 0) is 19.0 Å². The molecule has 1 amide bonds. The molecule has 0 unspecified atom stereocenters. The minimum atomic E-state index is -0.701. The molecule has 1 N–H and O–H groups in total. The standard InChI is InChI=1S/C13H21NO5/c1-12(2,3)19-11(16)14-9-8-13(5-4-10(9)15)17-6-7-18-13/h9H,4-8H2,1-3H3,(H,14,16)/t9-/m1/s1. The first-order valence-electron chi connectivity index (χ1n) is 6.60. The van der Waals surface area contributed by atoms with E-state index in [1.54, 1.807) is 20.8 Å². The molecule has 0 bridgehead atoms. The molecule has 1 spiro atoms. The predicted molar refractivity (Wildman–Crippen MR) is 66.7 cm³/mol. The largest absolute Gasteiger partial charge is 0.444 e. The molecule has 1 aliphatic heterocycles. The van der Waals surface area contributed by atoms with Gasteiger partial charge in [-0.1, -0.05) is 0 Å². The van der Waals surface area contributed by atoms with Crippen molar-refractivity contribution < 1.29 is 23.8 Å². The Morgan fingerprint density at radius 3 is 2.58 bits per heavy atom. The first kappa shape index (κ1) is 14.3. The zero-order chi connectivity index (χ0) is 14.1. The third-order valence-electron chi connectivity index (χ3n) is 3.16. The highest BCUT2D eigenvalue weighted by molar-refractivity contribution is 5.88. The fourth-order valence-electron chi connectivity index (χ4n) is 2.36. The Morgan fingerprint density at radius 1 is 1.37 bits per heavy atom. The maximum atomic E-state index is 11.9. The Morgan fingerprint density at radius 2 is 2.00 bits per heavy atom. The van der Waals surface area contributed by atoms with E-state index < -0.39 is 23.5 Å². The van der Waals surface area contributed by atoms with Gasteiger partial charge in [-0.05, 0) is 20.8 Å². The van der Waals surface area contributed by atoms with Crippen molar-refractivity contribution in [3.63, 3.8) is 0 Å². The Labute approximate surface area is 112 Å². The summed E-state index contributed by atoms with van der Waals surface area (Å²) in [6.45, 7) is 6.40. The molecule has 0 aromatic rings. The summed E-state index contributed by atoms with van der Waals surface area (Å²) < 4.78 is 16.3. The van der Waals surface area contributed by atoms with Crippen LogP contribution in [0.15, 0.2) is 0 Å². The number of amides is 1. The zero-order valence-electron chi connectivity index (χ0n) is 11.7. The van der Waals surface area contributed by atoms with Crippen LogP contribution < -0.4 is 5.32 Å². The minimum Gasteiger partial charge on any atom is -0.444 e. The number of carbonyl (C=O) groups excluding carboxylic acids is 2. The lowest BCUT2D eigenvalue weighted by molar-refractivity contribution is -0.184. The topological polar surface area (TPSA) is 73.9 Å². The number of alkyl carbamates (subject to hydrolysis) is 1. The summed E-state index contributed by atoms with van der Waals surface area (Å²) in [5.74, 6) is -0.705. The second-order valence-corrected chi connectivity index (χ2v) is 5.98. The molecule has 1 heterocycles. The third-order valence-corrected chi connectivity index (χ3v) is 3.16. The van der Waals surface area contributed by atoms with E-state index in [9.17, 15) is 9.59 Å². The normalized spacial score (nSPS) is 26.5. The van der Waals surface area contributed by atoms with Crippen LogP contribution in [0, 0.1) is 0 Å². The highest BCUT2D eigenvalue weighted by Crippen LogP contribution is 2.34. The predicted octanol–water partition coefficient (Wildman–Crippen LogP) is 1.38. The summed E-state index contributed by atoms with van der Waals surface area (Å²) in [6.07, 6.45) is 0.671. The number of nitrogens with one attached hydrogen (secondary N) is 1. The smallest absolute Gasteiger partial charge is 0.408 e. The summed E-state index contributed by atoms with van der Waals surface area (Å²) >= 11 is 0. The average Bonchev–Trinajstić information content (AvgIpc) is 2.70. The van der Waals surface area contributed by atoms with Crippen molar-refractivity contribution >= 4 is 11.9 Å². The highest BCUT2D eigenvalue weighted by atomic mass is 16.7. The Hall–Kier alpha value is -1.14. The zero-order valence-corrected chi connectivity index (χ0v) is 11.7. The summed E-state index contributed by atoms with van der Waals surface area (Å²) in [7, 11) is 0. The molecule has 19 heavy (non-hydrogen) atoms. The third kappa shape index (κ3) is 3.67. The van der Waals surface area contributed by atoms with Crippen molar-refractivity contribution in [1.82, 2.24) is 5.32 Å². The molecule has 6 heteroatoms. The second kappa shape index (κ2) is 5.09. The van der Waals surface area contributed by atoms with Crippen LogP contribution in [0.5, 0.6) is 0 Å². The molecule has 108 valence electrons. The van der Waals surface area contributed by atoms with Gasteiger partial charge >= 0.3 is 6.09 Å². The Bertz CT molecular complexity index is 368. The second-order valence-electron chi connectivity index (χ2n) is 5.98. The van der Waals surface area contributed by atoms with Gasteiger partial charge in [0.2, 0.25) is 0 Å². The van der Waals surface area contributed by atoms with Gasteiger partial charge in [0, 0.05) is 19.3 Å².